The van der Waals surface area contributed by atoms with E-state index in [4.69, 9.17) is 16.3 Å². The molecule has 0 bridgehead atoms. The van der Waals surface area contributed by atoms with Crippen molar-refractivity contribution in [2.24, 2.45) is 0 Å². The number of hydrogen-bond acceptors (Lipinski definition) is 4. The molecule has 1 N–H and O–H groups in total. The third kappa shape index (κ3) is 3.40. The van der Waals surface area contributed by atoms with E-state index in [0.29, 0.717) is 41.3 Å². The zero-order valence-corrected chi connectivity index (χ0v) is 15.2. The molecule has 4 rings (SSSR count). The van der Waals surface area contributed by atoms with Gasteiger partial charge in [0.05, 0.1) is 16.3 Å². The van der Waals surface area contributed by atoms with Crippen LogP contribution in [0.15, 0.2) is 42.5 Å². The molecular weight excluding hydrogens is 368 g/mol. The molecule has 138 valence electrons. The van der Waals surface area contributed by atoms with Crippen molar-refractivity contribution < 1.29 is 19.1 Å². The number of anilines is 2. The molecular formula is C20H17ClN2O4. The Balaban J connectivity index is 1.48. The van der Waals surface area contributed by atoms with E-state index in [2.05, 4.69) is 5.32 Å². The number of carbonyl (C=O) groups excluding carboxylic acids is 3. The van der Waals surface area contributed by atoms with Crippen molar-refractivity contribution in [1.82, 2.24) is 0 Å². The van der Waals surface area contributed by atoms with Gasteiger partial charge in [-0.1, -0.05) is 29.8 Å². The van der Waals surface area contributed by atoms with Crippen molar-refractivity contribution in [2.45, 2.75) is 25.4 Å². The number of halogens is 1. The molecule has 0 saturated carbocycles. The van der Waals surface area contributed by atoms with Gasteiger partial charge in [-0.3, -0.25) is 9.59 Å². The maximum absolute atomic E-state index is 12.5. The Morgan fingerprint density at radius 1 is 1.19 bits per heavy atom. The number of fused-ring (bicyclic) bond motifs is 1. The van der Waals surface area contributed by atoms with Gasteiger partial charge in [-0.25, -0.2) is 4.79 Å². The Hall–Kier alpha value is -2.86. The number of benzene rings is 2. The predicted octanol–water partition coefficient (Wildman–Crippen LogP) is 3.19. The third-order valence-corrected chi connectivity index (χ3v) is 5.07. The lowest BCUT2D eigenvalue weighted by atomic mass is 9.98. The van der Waals surface area contributed by atoms with E-state index >= 15 is 0 Å². The summed E-state index contributed by atoms with van der Waals surface area (Å²) >= 11 is 6.30. The number of ether oxygens (including phenoxy) is 1. The lowest BCUT2D eigenvalue weighted by molar-refractivity contribution is -0.125. The van der Waals surface area contributed by atoms with Gasteiger partial charge in [0, 0.05) is 25.1 Å². The standard InChI is InChI=1S/C20H17ClN2O4/c21-15-11-13(7-8-16(15)23-9-3-6-18(23)24)22-19(25)17-10-12-4-1-2-5-14(12)20(26)27-17/h1-2,4-5,7-8,11,17H,3,6,9-10H2,(H,22,25)/t17-/m1/s1. The monoisotopic (exact) mass is 384 g/mol. The van der Waals surface area contributed by atoms with Gasteiger partial charge in [-0.2, -0.15) is 0 Å². The van der Waals surface area contributed by atoms with Gasteiger partial charge in [0.2, 0.25) is 5.91 Å². The Kier molecular flexibility index (Phi) is 4.58. The van der Waals surface area contributed by atoms with Crippen molar-refractivity contribution in [3.63, 3.8) is 0 Å². The van der Waals surface area contributed by atoms with Crippen LogP contribution in [-0.2, 0) is 20.7 Å². The Bertz CT molecular complexity index is 943. The molecule has 1 atom stereocenters. The van der Waals surface area contributed by atoms with Gasteiger partial charge in [0.25, 0.3) is 5.91 Å². The fourth-order valence-corrected chi connectivity index (χ4v) is 3.69. The van der Waals surface area contributed by atoms with Gasteiger partial charge in [0.15, 0.2) is 6.10 Å². The third-order valence-electron chi connectivity index (χ3n) is 4.76. The number of cyclic esters (lactones) is 1. The van der Waals surface area contributed by atoms with Gasteiger partial charge in [-0.15, -0.1) is 0 Å². The minimum Gasteiger partial charge on any atom is -0.448 e. The molecule has 7 heteroatoms. The summed E-state index contributed by atoms with van der Waals surface area (Å²) in [6, 6.07) is 12.1. The van der Waals surface area contributed by atoms with Crippen LogP contribution < -0.4 is 10.2 Å². The molecule has 0 aromatic heterocycles. The van der Waals surface area contributed by atoms with Crippen LogP contribution in [0.1, 0.15) is 28.8 Å². The van der Waals surface area contributed by atoms with Gasteiger partial charge in [0.1, 0.15) is 0 Å². The summed E-state index contributed by atoms with van der Waals surface area (Å²) in [6.45, 7) is 0.641. The molecule has 0 spiro atoms. The maximum Gasteiger partial charge on any atom is 0.339 e. The van der Waals surface area contributed by atoms with E-state index < -0.39 is 18.0 Å². The van der Waals surface area contributed by atoms with E-state index in [1.807, 2.05) is 12.1 Å². The van der Waals surface area contributed by atoms with Crippen LogP contribution in [0.2, 0.25) is 5.02 Å². The number of nitrogens with zero attached hydrogens (tertiary/aromatic N) is 1. The molecule has 27 heavy (non-hydrogen) atoms. The fourth-order valence-electron chi connectivity index (χ4n) is 3.41. The van der Waals surface area contributed by atoms with E-state index in [1.165, 1.54) is 0 Å². The van der Waals surface area contributed by atoms with Crippen LogP contribution in [-0.4, -0.2) is 30.4 Å². The molecule has 1 fully saturated rings. The first-order valence-electron chi connectivity index (χ1n) is 8.72. The maximum atomic E-state index is 12.5. The Morgan fingerprint density at radius 3 is 2.74 bits per heavy atom. The summed E-state index contributed by atoms with van der Waals surface area (Å²) in [4.78, 5) is 38.1. The van der Waals surface area contributed by atoms with Crippen molar-refractivity contribution in [3.8, 4) is 0 Å². The van der Waals surface area contributed by atoms with Crippen LogP contribution in [0.5, 0.6) is 0 Å². The average Bonchev–Trinajstić information content (AvgIpc) is 3.07. The number of nitrogens with one attached hydrogen (secondary N) is 1. The molecule has 6 nitrogen and oxygen atoms in total. The summed E-state index contributed by atoms with van der Waals surface area (Å²) in [7, 11) is 0. The number of amides is 2. The first kappa shape index (κ1) is 17.5. The first-order valence-corrected chi connectivity index (χ1v) is 9.10. The molecule has 2 aliphatic heterocycles. The van der Waals surface area contributed by atoms with Crippen molar-refractivity contribution >= 4 is 40.8 Å². The topological polar surface area (TPSA) is 75.7 Å². The highest BCUT2D eigenvalue weighted by atomic mass is 35.5. The fraction of sp³-hybridized carbons (Fsp3) is 0.250. The van der Waals surface area contributed by atoms with Crippen LogP contribution in [0, 0.1) is 0 Å². The summed E-state index contributed by atoms with van der Waals surface area (Å²) in [5, 5.41) is 3.11. The second-order valence-corrected chi connectivity index (χ2v) is 6.97. The van der Waals surface area contributed by atoms with Crippen LogP contribution in [0.25, 0.3) is 0 Å². The van der Waals surface area contributed by atoms with Crippen LogP contribution >= 0.6 is 11.6 Å². The summed E-state index contributed by atoms with van der Waals surface area (Å²) in [5.41, 5.74) is 2.39. The molecule has 2 heterocycles. The molecule has 1 saturated heterocycles. The second kappa shape index (κ2) is 7.04. The van der Waals surface area contributed by atoms with Crippen molar-refractivity contribution in [2.75, 3.05) is 16.8 Å². The minimum atomic E-state index is -0.897. The Labute approximate surface area is 161 Å². The zero-order valence-electron chi connectivity index (χ0n) is 14.4. The summed E-state index contributed by atoms with van der Waals surface area (Å²) in [6.07, 6.45) is 0.749. The highest BCUT2D eigenvalue weighted by Crippen LogP contribution is 2.32. The molecule has 2 aromatic carbocycles. The van der Waals surface area contributed by atoms with Crippen molar-refractivity contribution in [3.05, 3.63) is 58.6 Å². The number of rotatable bonds is 3. The zero-order chi connectivity index (χ0) is 19.0. The second-order valence-electron chi connectivity index (χ2n) is 6.56. The molecule has 2 amide bonds. The number of esters is 1. The normalized spacial score (nSPS) is 18.9. The quantitative estimate of drug-likeness (QED) is 0.824. The summed E-state index contributed by atoms with van der Waals surface area (Å²) in [5.74, 6) is -0.877. The Morgan fingerprint density at radius 2 is 2.00 bits per heavy atom. The summed E-state index contributed by atoms with van der Waals surface area (Å²) < 4.78 is 5.26. The van der Waals surface area contributed by atoms with Gasteiger partial charge >= 0.3 is 5.97 Å². The molecule has 2 aliphatic rings. The molecule has 0 aliphatic carbocycles. The lowest BCUT2D eigenvalue weighted by Crippen LogP contribution is -2.38. The van der Waals surface area contributed by atoms with Crippen molar-refractivity contribution in [1.29, 1.82) is 0 Å². The van der Waals surface area contributed by atoms with E-state index in [-0.39, 0.29) is 5.91 Å². The predicted molar refractivity (Wildman–Crippen MR) is 101 cm³/mol. The molecule has 0 radical (unpaired) electrons. The van der Waals surface area contributed by atoms with Gasteiger partial charge in [-0.05, 0) is 36.2 Å². The van der Waals surface area contributed by atoms with Gasteiger partial charge < -0.3 is 15.0 Å². The minimum absolute atomic E-state index is 0.0430. The number of carbonyl (C=O) groups is 3. The highest BCUT2D eigenvalue weighted by molar-refractivity contribution is 6.34. The molecule has 2 aromatic rings. The molecule has 0 unspecified atom stereocenters. The lowest BCUT2D eigenvalue weighted by Gasteiger charge is -2.24. The van der Waals surface area contributed by atoms with Crippen LogP contribution in [0.4, 0.5) is 11.4 Å². The van der Waals surface area contributed by atoms with Crippen LogP contribution in [0.3, 0.4) is 0 Å². The van der Waals surface area contributed by atoms with E-state index in [0.717, 1.165) is 12.0 Å². The number of hydrogen-bond donors (Lipinski definition) is 1. The highest BCUT2D eigenvalue weighted by Gasteiger charge is 2.31. The largest absolute Gasteiger partial charge is 0.448 e. The first-order chi connectivity index (χ1) is 13.0. The van der Waals surface area contributed by atoms with E-state index in [1.54, 1.807) is 35.2 Å². The SMILES string of the molecule is O=C1O[C@@H](C(=O)Nc2ccc(N3CCCC3=O)c(Cl)c2)Cc2ccccc21. The van der Waals surface area contributed by atoms with E-state index in [9.17, 15) is 14.4 Å². The smallest absolute Gasteiger partial charge is 0.339 e. The average molecular weight is 385 g/mol.